The third-order valence-corrected chi connectivity index (χ3v) is 4.98. The summed E-state index contributed by atoms with van der Waals surface area (Å²) in [5.74, 6) is -0.206. The molecule has 7 heteroatoms. The summed E-state index contributed by atoms with van der Waals surface area (Å²) in [4.78, 5) is 12.3. The lowest BCUT2D eigenvalue weighted by molar-refractivity contribution is 0.0919. The smallest absolute Gasteiger partial charge is 0.261 e. The van der Waals surface area contributed by atoms with Crippen LogP contribution < -0.4 is 10.0 Å². The van der Waals surface area contributed by atoms with Gasteiger partial charge >= 0.3 is 0 Å². The quantitative estimate of drug-likeness (QED) is 0.842. The minimum atomic E-state index is -3.72. The van der Waals surface area contributed by atoms with Crippen molar-refractivity contribution >= 4 is 33.2 Å². The van der Waals surface area contributed by atoms with Gasteiger partial charge in [0.05, 0.1) is 10.6 Å². The minimum Gasteiger partial charge on any atom is -0.347 e. The second-order valence-corrected chi connectivity index (χ2v) is 8.91. The van der Waals surface area contributed by atoms with Crippen LogP contribution in [-0.4, -0.2) is 19.9 Å². The molecule has 0 heterocycles. The maximum absolute atomic E-state index is 12.4. The van der Waals surface area contributed by atoms with Gasteiger partial charge in [-0.1, -0.05) is 11.6 Å². The first-order chi connectivity index (χ1) is 11.5. The molecule has 5 nitrogen and oxygen atoms in total. The zero-order valence-electron chi connectivity index (χ0n) is 14.6. The molecule has 0 aliphatic heterocycles. The number of hydrogen-bond acceptors (Lipinski definition) is 3. The molecule has 2 aromatic carbocycles. The highest BCUT2D eigenvalue weighted by atomic mass is 35.5. The zero-order chi connectivity index (χ0) is 18.8. The lowest BCUT2D eigenvalue weighted by Gasteiger charge is -2.21. The van der Waals surface area contributed by atoms with Crippen LogP contribution in [0.4, 0.5) is 5.69 Å². The first-order valence-corrected chi connectivity index (χ1v) is 9.56. The van der Waals surface area contributed by atoms with E-state index in [1.807, 2.05) is 20.8 Å². The van der Waals surface area contributed by atoms with Crippen LogP contribution in [0.15, 0.2) is 47.4 Å². The molecule has 2 aromatic rings. The number of nitrogens with one attached hydrogen (secondary N) is 2. The SMILES string of the molecule is Cc1cc(C(=O)NC(C)(C)C)ccc1NS(=O)(=O)c1ccc(Cl)cc1. The fourth-order valence-electron chi connectivity index (χ4n) is 2.15. The predicted molar refractivity (Wildman–Crippen MR) is 101 cm³/mol. The number of benzene rings is 2. The number of halogens is 1. The summed E-state index contributed by atoms with van der Waals surface area (Å²) in [6, 6.07) is 10.7. The van der Waals surface area contributed by atoms with Gasteiger partial charge in [-0.05, 0) is 75.7 Å². The first kappa shape index (κ1) is 19.3. The van der Waals surface area contributed by atoms with Crippen LogP contribution in [0, 0.1) is 6.92 Å². The van der Waals surface area contributed by atoms with E-state index in [-0.39, 0.29) is 16.3 Å². The van der Waals surface area contributed by atoms with Crippen LogP contribution in [0.5, 0.6) is 0 Å². The molecule has 25 heavy (non-hydrogen) atoms. The van der Waals surface area contributed by atoms with Crippen molar-refractivity contribution in [1.29, 1.82) is 0 Å². The van der Waals surface area contributed by atoms with Crippen LogP contribution in [-0.2, 0) is 10.0 Å². The maximum Gasteiger partial charge on any atom is 0.261 e. The number of rotatable bonds is 4. The number of aryl methyl sites for hydroxylation is 1. The Morgan fingerprint density at radius 2 is 1.64 bits per heavy atom. The highest BCUT2D eigenvalue weighted by Gasteiger charge is 2.18. The summed E-state index contributed by atoms with van der Waals surface area (Å²) in [6.07, 6.45) is 0. The van der Waals surface area contributed by atoms with Crippen LogP contribution >= 0.6 is 11.6 Å². The van der Waals surface area contributed by atoms with E-state index < -0.39 is 10.0 Å². The van der Waals surface area contributed by atoms with Gasteiger partial charge in [0.15, 0.2) is 0 Å². The Balaban J connectivity index is 2.24. The Kier molecular flexibility index (Phi) is 5.44. The van der Waals surface area contributed by atoms with E-state index in [0.717, 1.165) is 0 Å². The Morgan fingerprint density at radius 3 is 2.16 bits per heavy atom. The number of sulfonamides is 1. The Bertz CT molecular complexity index is 886. The molecule has 2 rings (SSSR count). The van der Waals surface area contributed by atoms with Gasteiger partial charge in [-0.3, -0.25) is 9.52 Å². The monoisotopic (exact) mass is 380 g/mol. The van der Waals surface area contributed by atoms with E-state index in [4.69, 9.17) is 11.6 Å². The molecule has 0 atom stereocenters. The molecule has 0 radical (unpaired) electrons. The van der Waals surface area contributed by atoms with Gasteiger partial charge in [-0.2, -0.15) is 0 Å². The lowest BCUT2D eigenvalue weighted by Crippen LogP contribution is -2.40. The van der Waals surface area contributed by atoms with E-state index in [0.29, 0.717) is 21.8 Å². The molecular formula is C18H21ClN2O3S. The summed E-state index contributed by atoms with van der Waals surface area (Å²) in [7, 11) is -3.72. The topological polar surface area (TPSA) is 75.3 Å². The zero-order valence-corrected chi connectivity index (χ0v) is 16.1. The summed E-state index contributed by atoms with van der Waals surface area (Å²) in [5.41, 5.74) is 1.20. The molecule has 0 spiro atoms. The number of carbonyl (C=O) groups is 1. The van der Waals surface area contributed by atoms with Crippen molar-refractivity contribution in [1.82, 2.24) is 5.32 Å². The molecule has 0 saturated carbocycles. The number of amides is 1. The molecule has 1 amide bonds. The van der Waals surface area contributed by atoms with Gasteiger partial charge in [-0.15, -0.1) is 0 Å². The third-order valence-electron chi connectivity index (χ3n) is 3.35. The molecule has 2 N–H and O–H groups in total. The molecule has 0 bridgehead atoms. The molecule has 0 aliphatic carbocycles. The van der Waals surface area contributed by atoms with E-state index in [1.165, 1.54) is 24.3 Å². The van der Waals surface area contributed by atoms with Crippen molar-refractivity contribution in [3.05, 3.63) is 58.6 Å². The van der Waals surface area contributed by atoms with Crippen LogP contribution in [0.2, 0.25) is 5.02 Å². The van der Waals surface area contributed by atoms with Gasteiger partial charge in [0.25, 0.3) is 15.9 Å². The van der Waals surface area contributed by atoms with Crippen molar-refractivity contribution in [3.8, 4) is 0 Å². The summed E-state index contributed by atoms with van der Waals surface area (Å²) in [6.45, 7) is 7.43. The highest BCUT2D eigenvalue weighted by Crippen LogP contribution is 2.22. The fraction of sp³-hybridized carbons (Fsp3) is 0.278. The largest absolute Gasteiger partial charge is 0.347 e. The second-order valence-electron chi connectivity index (χ2n) is 6.79. The van der Waals surface area contributed by atoms with Gasteiger partial charge in [-0.25, -0.2) is 8.42 Å². The van der Waals surface area contributed by atoms with Crippen LogP contribution in [0.3, 0.4) is 0 Å². The van der Waals surface area contributed by atoms with Crippen molar-refractivity contribution in [2.45, 2.75) is 38.1 Å². The third kappa shape index (κ3) is 5.21. The van der Waals surface area contributed by atoms with Gasteiger partial charge in [0, 0.05) is 16.1 Å². The van der Waals surface area contributed by atoms with E-state index in [9.17, 15) is 13.2 Å². The second kappa shape index (κ2) is 7.06. The van der Waals surface area contributed by atoms with Crippen molar-refractivity contribution in [3.63, 3.8) is 0 Å². The van der Waals surface area contributed by atoms with E-state index in [2.05, 4.69) is 10.0 Å². The van der Waals surface area contributed by atoms with E-state index in [1.54, 1.807) is 25.1 Å². The average molecular weight is 381 g/mol. The number of hydrogen-bond donors (Lipinski definition) is 2. The molecule has 0 fully saturated rings. The Hall–Kier alpha value is -2.05. The summed E-state index contributed by atoms with van der Waals surface area (Å²) < 4.78 is 27.4. The lowest BCUT2D eigenvalue weighted by atomic mass is 10.1. The van der Waals surface area contributed by atoms with Crippen LogP contribution in [0.1, 0.15) is 36.7 Å². The highest BCUT2D eigenvalue weighted by molar-refractivity contribution is 7.92. The molecule has 0 unspecified atom stereocenters. The maximum atomic E-state index is 12.4. The molecule has 134 valence electrons. The fourth-order valence-corrected chi connectivity index (χ4v) is 3.41. The first-order valence-electron chi connectivity index (χ1n) is 7.69. The standard InChI is InChI=1S/C18H21ClN2O3S/c1-12-11-13(17(22)20-18(2,3)4)5-10-16(12)21-25(23,24)15-8-6-14(19)7-9-15/h5-11,21H,1-4H3,(H,20,22). The van der Waals surface area contributed by atoms with Crippen molar-refractivity contribution in [2.75, 3.05) is 4.72 Å². The number of carbonyl (C=O) groups excluding carboxylic acids is 1. The normalized spacial score (nSPS) is 11.9. The van der Waals surface area contributed by atoms with Gasteiger partial charge < -0.3 is 5.32 Å². The summed E-state index contributed by atoms with van der Waals surface area (Å²) >= 11 is 5.79. The van der Waals surface area contributed by atoms with E-state index >= 15 is 0 Å². The van der Waals surface area contributed by atoms with Gasteiger partial charge in [0.1, 0.15) is 0 Å². The minimum absolute atomic E-state index is 0.117. The molecule has 0 saturated heterocycles. The summed E-state index contributed by atoms with van der Waals surface area (Å²) in [5, 5.41) is 3.33. The average Bonchev–Trinajstić information content (AvgIpc) is 2.48. The Labute approximate surface area is 153 Å². The molecule has 0 aromatic heterocycles. The number of anilines is 1. The Morgan fingerprint density at radius 1 is 1.04 bits per heavy atom. The molecular weight excluding hydrogens is 360 g/mol. The molecule has 0 aliphatic rings. The predicted octanol–water partition coefficient (Wildman–Crippen LogP) is 3.98. The van der Waals surface area contributed by atoms with Crippen molar-refractivity contribution in [2.24, 2.45) is 0 Å². The van der Waals surface area contributed by atoms with Gasteiger partial charge in [0.2, 0.25) is 0 Å². The van der Waals surface area contributed by atoms with Crippen LogP contribution in [0.25, 0.3) is 0 Å². The van der Waals surface area contributed by atoms with Crippen molar-refractivity contribution < 1.29 is 13.2 Å².